The van der Waals surface area contributed by atoms with Crippen LogP contribution < -0.4 is 15.5 Å². The molecule has 0 aliphatic heterocycles. The van der Waals surface area contributed by atoms with Crippen molar-refractivity contribution in [2.75, 3.05) is 19.0 Å². The first-order valence-electron chi connectivity index (χ1n) is 7.06. The molecule has 6 heteroatoms. The molecule has 0 aromatic heterocycles. The third-order valence-corrected chi connectivity index (χ3v) is 3.69. The van der Waals surface area contributed by atoms with Gasteiger partial charge >= 0.3 is 0 Å². The Morgan fingerprint density at radius 1 is 1.17 bits per heavy atom. The summed E-state index contributed by atoms with van der Waals surface area (Å²) in [6, 6.07) is 15.1. The molecule has 2 aromatic carbocycles. The lowest BCUT2D eigenvalue weighted by atomic mass is 10.1. The standard InChI is InChI=1S/C17H18BrN3O2/c1-12(13-7-9-14(18)10-8-13)20-21-17(22)11-19-15-5-3-4-6-16(15)23-2/h3-10,19H,11H2,1-2H3,(H,21,22)/b20-12+. The number of hydrogen-bond donors (Lipinski definition) is 2. The van der Waals surface area contributed by atoms with Gasteiger partial charge in [0.1, 0.15) is 5.75 Å². The number of hydrogen-bond acceptors (Lipinski definition) is 4. The van der Waals surface area contributed by atoms with Gasteiger partial charge in [0, 0.05) is 4.47 Å². The van der Waals surface area contributed by atoms with Gasteiger partial charge < -0.3 is 10.1 Å². The minimum Gasteiger partial charge on any atom is -0.495 e. The molecule has 0 radical (unpaired) electrons. The van der Waals surface area contributed by atoms with E-state index in [-0.39, 0.29) is 12.5 Å². The van der Waals surface area contributed by atoms with Crippen LogP contribution in [0.25, 0.3) is 0 Å². The number of rotatable bonds is 6. The summed E-state index contributed by atoms with van der Waals surface area (Å²) in [5, 5.41) is 7.13. The minimum atomic E-state index is -0.229. The first kappa shape index (κ1) is 17.0. The van der Waals surface area contributed by atoms with Crippen LogP contribution in [0, 0.1) is 0 Å². The van der Waals surface area contributed by atoms with E-state index >= 15 is 0 Å². The monoisotopic (exact) mass is 375 g/mol. The van der Waals surface area contributed by atoms with E-state index < -0.39 is 0 Å². The summed E-state index contributed by atoms with van der Waals surface area (Å²) < 4.78 is 6.22. The van der Waals surface area contributed by atoms with Crippen molar-refractivity contribution in [1.82, 2.24) is 5.43 Å². The first-order valence-corrected chi connectivity index (χ1v) is 7.85. The number of ether oxygens (including phenoxy) is 1. The molecule has 0 aliphatic carbocycles. The van der Waals surface area contributed by atoms with E-state index in [9.17, 15) is 4.79 Å². The first-order chi connectivity index (χ1) is 11.1. The van der Waals surface area contributed by atoms with Gasteiger partial charge in [-0.1, -0.05) is 40.2 Å². The summed E-state index contributed by atoms with van der Waals surface area (Å²) in [6.07, 6.45) is 0. The molecule has 2 aromatic rings. The maximum atomic E-state index is 11.9. The fraction of sp³-hybridized carbons (Fsp3) is 0.176. The van der Waals surface area contributed by atoms with Gasteiger partial charge in [0.2, 0.25) is 0 Å². The van der Waals surface area contributed by atoms with E-state index in [0.717, 1.165) is 21.4 Å². The van der Waals surface area contributed by atoms with Crippen LogP contribution in [0.5, 0.6) is 5.75 Å². The van der Waals surface area contributed by atoms with Crippen LogP contribution >= 0.6 is 15.9 Å². The number of anilines is 1. The van der Waals surface area contributed by atoms with Gasteiger partial charge in [-0.25, -0.2) is 5.43 Å². The molecule has 0 fully saturated rings. The highest BCUT2D eigenvalue weighted by Gasteiger charge is 2.04. The summed E-state index contributed by atoms with van der Waals surface area (Å²) in [4.78, 5) is 11.9. The van der Waals surface area contributed by atoms with Crippen molar-refractivity contribution in [3.63, 3.8) is 0 Å². The van der Waals surface area contributed by atoms with Crippen LogP contribution in [0.1, 0.15) is 12.5 Å². The summed E-state index contributed by atoms with van der Waals surface area (Å²) in [6.45, 7) is 1.95. The lowest BCUT2D eigenvalue weighted by Crippen LogP contribution is -2.26. The van der Waals surface area contributed by atoms with Gasteiger partial charge in [-0.3, -0.25) is 4.79 Å². The highest BCUT2D eigenvalue weighted by atomic mass is 79.9. The number of carbonyl (C=O) groups excluding carboxylic acids is 1. The Morgan fingerprint density at radius 3 is 2.57 bits per heavy atom. The van der Waals surface area contributed by atoms with Crippen LogP contribution in [0.15, 0.2) is 58.1 Å². The maximum absolute atomic E-state index is 11.9. The van der Waals surface area contributed by atoms with E-state index in [0.29, 0.717) is 5.75 Å². The van der Waals surface area contributed by atoms with Crippen molar-refractivity contribution >= 4 is 33.2 Å². The SMILES string of the molecule is COc1ccccc1NCC(=O)N/N=C(\C)c1ccc(Br)cc1. The summed E-state index contributed by atoms with van der Waals surface area (Å²) in [7, 11) is 1.59. The molecule has 0 bridgehead atoms. The summed E-state index contributed by atoms with van der Waals surface area (Å²) in [5.74, 6) is 0.460. The number of nitrogens with zero attached hydrogens (tertiary/aromatic N) is 1. The number of para-hydroxylation sites is 2. The Hall–Kier alpha value is -2.34. The van der Waals surface area contributed by atoms with Gasteiger partial charge in [-0.2, -0.15) is 5.10 Å². The molecule has 2 N–H and O–H groups in total. The third kappa shape index (κ3) is 5.10. The molecule has 2 rings (SSSR count). The molecular formula is C17H18BrN3O2. The molecule has 5 nitrogen and oxygen atoms in total. The zero-order valence-corrected chi connectivity index (χ0v) is 14.6. The number of carbonyl (C=O) groups is 1. The molecular weight excluding hydrogens is 358 g/mol. The van der Waals surface area contributed by atoms with Crippen molar-refractivity contribution in [1.29, 1.82) is 0 Å². The minimum absolute atomic E-state index is 0.109. The fourth-order valence-corrected chi connectivity index (χ4v) is 2.17. The molecule has 0 aliphatic rings. The van der Waals surface area contributed by atoms with E-state index in [1.807, 2.05) is 55.5 Å². The average molecular weight is 376 g/mol. The van der Waals surface area contributed by atoms with Gasteiger partial charge in [0.25, 0.3) is 5.91 Å². The van der Waals surface area contributed by atoms with Crippen LogP contribution in [0.3, 0.4) is 0 Å². The predicted molar refractivity (Wildman–Crippen MR) is 96.0 cm³/mol. The Bertz CT molecular complexity index is 699. The number of benzene rings is 2. The molecule has 120 valence electrons. The Labute approximate surface area is 143 Å². The van der Waals surface area contributed by atoms with Gasteiger partial charge in [0.05, 0.1) is 25.1 Å². The fourth-order valence-electron chi connectivity index (χ4n) is 1.91. The molecule has 0 heterocycles. The Morgan fingerprint density at radius 2 is 1.87 bits per heavy atom. The quantitative estimate of drug-likeness (QED) is 0.600. The molecule has 0 saturated heterocycles. The van der Waals surface area contributed by atoms with Crippen LogP contribution in [0.2, 0.25) is 0 Å². The topological polar surface area (TPSA) is 62.7 Å². The lowest BCUT2D eigenvalue weighted by molar-refractivity contribution is -0.119. The summed E-state index contributed by atoms with van der Waals surface area (Å²) in [5.41, 5.74) is 4.99. The second-order valence-electron chi connectivity index (χ2n) is 4.79. The molecule has 0 spiro atoms. The van der Waals surface area contributed by atoms with E-state index in [4.69, 9.17) is 4.74 Å². The largest absolute Gasteiger partial charge is 0.495 e. The second-order valence-corrected chi connectivity index (χ2v) is 5.71. The Kier molecular flexibility index (Phi) is 6.17. The molecule has 1 amide bonds. The lowest BCUT2D eigenvalue weighted by Gasteiger charge is -2.10. The van der Waals surface area contributed by atoms with Crippen molar-refractivity contribution in [3.05, 3.63) is 58.6 Å². The molecule has 0 unspecified atom stereocenters. The Balaban J connectivity index is 1.89. The average Bonchev–Trinajstić information content (AvgIpc) is 2.58. The predicted octanol–water partition coefficient (Wildman–Crippen LogP) is 3.41. The van der Waals surface area contributed by atoms with Crippen molar-refractivity contribution in [3.8, 4) is 5.75 Å². The normalized spacial score (nSPS) is 11.0. The number of halogens is 1. The van der Waals surface area contributed by atoms with Gasteiger partial charge in [-0.05, 0) is 36.8 Å². The number of nitrogens with one attached hydrogen (secondary N) is 2. The van der Waals surface area contributed by atoms with E-state index in [2.05, 4.69) is 31.8 Å². The van der Waals surface area contributed by atoms with Crippen LogP contribution in [-0.2, 0) is 4.79 Å². The molecule has 0 saturated carbocycles. The zero-order chi connectivity index (χ0) is 16.7. The number of methoxy groups -OCH3 is 1. The highest BCUT2D eigenvalue weighted by Crippen LogP contribution is 2.22. The smallest absolute Gasteiger partial charge is 0.259 e. The van der Waals surface area contributed by atoms with Crippen LogP contribution in [-0.4, -0.2) is 25.3 Å². The van der Waals surface area contributed by atoms with Gasteiger partial charge in [0.15, 0.2) is 0 Å². The maximum Gasteiger partial charge on any atom is 0.259 e. The summed E-state index contributed by atoms with van der Waals surface area (Å²) >= 11 is 3.38. The van der Waals surface area contributed by atoms with Crippen LogP contribution in [0.4, 0.5) is 5.69 Å². The van der Waals surface area contributed by atoms with Crippen molar-refractivity contribution < 1.29 is 9.53 Å². The number of amides is 1. The van der Waals surface area contributed by atoms with Crippen molar-refractivity contribution in [2.24, 2.45) is 5.10 Å². The molecule has 0 atom stereocenters. The molecule has 23 heavy (non-hydrogen) atoms. The van der Waals surface area contributed by atoms with Crippen molar-refractivity contribution in [2.45, 2.75) is 6.92 Å². The van der Waals surface area contributed by atoms with E-state index in [1.54, 1.807) is 7.11 Å². The zero-order valence-electron chi connectivity index (χ0n) is 13.0. The van der Waals surface area contributed by atoms with E-state index in [1.165, 1.54) is 0 Å². The third-order valence-electron chi connectivity index (χ3n) is 3.16. The second kappa shape index (κ2) is 8.33. The van der Waals surface area contributed by atoms with Gasteiger partial charge in [-0.15, -0.1) is 0 Å². The number of hydrazone groups is 1. The highest BCUT2D eigenvalue weighted by molar-refractivity contribution is 9.10.